The molecular weight excluding hydrogens is 438 g/mol. The van der Waals surface area contributed by atoms with Crippen molar-refractivity contribution in [2.45, 2.75) is 18.9 Å². The van der Waals surface area contributed by atoms with Crippen molar-refractivity contribution < 1.29 is 9.59 Å². The third-order valence-corrected chi connectivity index (χ3v) is 6.09. The molecule has 0 aliphatic rings. The fourth-order valence-electron chi connectivity index (χ4n) is 3.89. The molecule has 1 N–H and O–H groups in total. The molecule has 0 radical (unpaired) electrons. The number of nitrogens with zero attached hydrogens (tertiary/aromatic N) is 4. The minimum atomic E-state index is -0.190. The summed E-state index contributed by atoms with van der Waals surface area (Å²) in [7, 11) is 3.61. The molecule has 3 aromatic heterocycles. The van der Waals surface area contributed by atoms with E-state index < -0.39 is 0 Å². The molecule has 4 aromatic rings. The molecule has 1 atom stereocenters. The molecule has 2 amide bonds. The molecule has 0 fully saturated rings. The second-order valence-electron chi connectivity index (χ2n) is 8.01. The molecule has 0 saturated carbocycles. The fourth-order valence-corrected chi connectivity index (χ4v) is 4.09. The van der Waals surface area contributed by atoms with Crippen molar-refractivity contribution in [2.24, 2.45) is 7.05 Å². The van der Waals surface area contributed by atoms with Crippen LogP contribution in [0, 0.1) is 0 Å². The second-order valence-corrected chi connectivity index (χ2v) is 8.40. The van der Waals surface area contributed by atoms with Crippen molar-refractivity contribution in [1.29, 1.82) is 0 Å². The maximum atomic E-state index is 13.3. The summed E-state index contributed by atoms with van der Waals surface area (Å²) in [5, 5.41) is 3.46. The Balaban J connectivity index is 1.50. The molecule has 4 rings (SSSR count). The maximum Gasteiger partial charge on any atom is 0.274 e. The summed E-state index contributed by atoms with van der Waals surface area (Å²) in [6.45, 7) is 0.441. The van der Waals surface area contributed by atoms with Gasteiger partial charge in [-0.25, -0.2) is 4.98 Å². The standard InChI is InChI=1S/C25H26ClN5O2/c1-29-15-7-10-21(29)24(32)27-14-13-19(16-18-8-4-3-5-9-18)30(2)25(33)20-17-31-22(26)11-6-12-23(31)28-20/h3-12,15,17,19H,13-14,16H2,1-2H3,(H,27,32)/t19-/m1/s1. The van der Waals surface area contributed by atoms with Gasteiger partial charge in [0.15, 0.2) is 0 Å². The van der Waals surface area contributed by atoms with Crippen LogP contribution in [0.1, 0.15) is 33.0 Å². The van der Waals surface area contributed by atoms with Crippen LogP contribution in [-0.2, 0) is 13.5 Å². The lowest BCUT2D eigenvalue weighted by Gasteiger charge is -2.28. The van der Waals surface area contributed by atoms with Crippen LogP contribution in [0.25, 0.3) is 5.65 Å². The molecule has 3 heterocycles. The van der Waals surface area contributed by atoms with Crippen molar-refractivity contribution in [1.82, 2.24) is 24.2 Å². The van der Waals surface area contributed by atoms with E-state index in [9.17, 15) is 9.59 Å². The van der Waals surface area contributed by atoms with Crippen molar-refractivity contribution in [2.75, 3.05) is 13.6 Å². The number of carbonyl (C=O) groups is 2. The van der Waals surface area contributed by atoms with Gasteiger partial charge in [0.2, 0.25) is 0 Å². The Morgan fingerprint density at radius 1 is 1.09 bits per heavy atom. The van der Waals surface area contributed by atoms with Gasteiger partial charge in [-0.05, 0) is 42.7 Å². The first-order valence-electron chi connectivity index (χ1n) is 10.8. The van der Waals surface area contributed by atoms with Crippen LogP contribution in [0.2, 0.25) is 5.15 Å². The summed E-state index contributed by atoms with van der Waals surface area (Å²) in [4.78, 5) is 31.9. The van der Waals surface area contributed by atoms with Crippen LogP contribution in [0.3, 0.4) is 0 Å². The summed E-state index contributed by atoms with van der Waals surface area (Å²) in [6, 6.07) is 18.9. The lowest BCUT2D eigenvalue weighted by atomic mass is 10.0. The van der Waals surface area contributed by atoms with E-state index in [2.05, 4.69) is 10.3 Å². The van der Waals surface area contributed by atoms with Gasteiger partial charge >= 0.3 is 0 Å². The molecule has 33 heavy (non-hydrogen) atoms. The molecule has 0 aliphatic carbocycles. The summed E-state index contributed by atoms with van der Waals surface area (Å²) in [5.74, 6) is -0.325. The van der Waals surface area contributed by atoms with Gasteiger partial charge in [0.1, 0.15) is 22.2 Å². The van der Waals surface area contributed by atoms with Crippen molar-refractivity contribution in [3.63, 3.8) is 0 Å². The molecule has 7 nitrogen and oxygen atoms in total. The zero-order chi connectivity index (χ0) is 23.4. The molecule has 170 valence electrons. The summed E-state index contributed by atoms with van der Waals surface area (Å²) >= 11 is 6.23. The Kier molecular flexibility index (Phi) is 6.79. The topological polar surface area (TPSA) is 71.6 Å². The molecule has 8 heteroatoms. The maximum absolute atomic E-state index is 13.3. The third kappa shape index (κ3) is 5.09. The Bertz CT molecular complexity index is 1260. The number of aromatic nitrogens is 3. The predicted molar refractivity (Wildman–Crippen MR) is 129 cm³/mol. The van der Waals surface area contributed by atoms with E-state index in [1.54, 1.807) is 45.3 Å². The van der Waals surface area contributed by atoms with Crippen LogP contribution < -0.4 is 5.32 Å². The van der Waals surface area contributed by atoms with Gasteiger partial charge < -0.3 is 14.8 Å². The normalized spacial score (nSPS) is 12.0. The highest BCUT2D eigenvalue weighted by atomic mass is 35.5. The Labute approximate surface area is 197 Å². The van der Waals surface area contributed by atoms with E-state index in [4.69, 9.17) is 11.6 Å². The van der Waals surface area contributed by atoms with Crippen LogP contribution in [0.4, 0.5) is 0 Å². The molecule has 1 aromatic carbocycles. The van der Waals surface area contributed by atoms with Gasteiger partial charge in [-0.15, -0.1) is 0 Å². The van der Waals surface area contributed by atoms with Gasteiger partial charge in [-0.1, -0.05) is 48.0 Å². The first-order chi connectivity index (χ1) is 15.9. The Morgan fingerprint density at radius 2 is 1.88 bits per heavy atom. The molecule has 0 unspecified atom stereocenters. The van der Waals surface area contributed by atoms with E-state index >= 15 is 0 Å². The number of likely N-dealkylation sites (N-methyl/N-ethyl adjacent to an activating group) is 1. The highest BCUT2D eigenvalue weighted by molar-refractivity contribution is 6.29. The Hall–Kier alpha value is -3.58. The van der Waals surface area contributed by atoms with Crippen LogP contribution in [0.5, 0.6) is 0 Å². The minimum Gasteiger partial charge on any atom is -0.351 e. The van der Waals surface area contributed by atoms with Crippen molar-refractivity contribution >= 4 is 29.1 Å². The highest BCUT2D eigenvalue weighted by Gasteiger charge is 2.24. The fraction of sp³-hybridized carbons (Fsp3) is 0.240. The zero-order valence-corrected chi connectivity index (χ0v) is 19.4. The number of hydrogen-bond acceptors (Lipinski definition) is 3. The Morgan fingerprint density at radius 3 is 2.58 bits per heavy atom. The second kappa shape index (κ2) is 9.92. The smallest absolute Gasteiger partial charge is 0.274 e. The third-order valence-electron chi connectivity index (χ3n) is 5.78. The number of carbonyl (C=O) groups excluding carboxylic acids is 2. The summed E-state index contributed by atoms with van der Waals surface area (Å²) in [5.41, 5.74) is 2.67. The molecule has 0 bridgehead atoms. The largest absolute Gasteiger partial charge is 0.351 e. The van der Waals surface area contributed by atoms with E-state index in [0.29, 0.717) is 41.6 Å². The minimum absolute atomic E-state index is 0.131. The van der Waals surface area contributed by atoms with Crippen LogP contribution >= 0.6 is 11.6 Å². The average Bonchev–Trinajstić information content (AvgIpc) is 3.45. The van der Waals surface area contributed by atoms with Gasteiger partial charge in [0.05, 0.1) is 0 Å². The SMILES string of the molecule is CN(C(=O)c1cn2c(Cl)cccc2n1)[C@H](CCNC(=O)c1cccn1C)Cc1ccccc1. The first kappa shape index (κ1) is 22.6. The molecular formula is C25H26ClN5O2. The lowest BCUT2D eigenvalue weighted by molar-refractivity contribution is 0.0717. The van der Waals surface area contributed by atoms with Crippen LogP contribution in [-0.4, -0.2) is 50.3 Å². The first-order valence-corrected chi connectivity index (χ1v) is 11.2. The molecule has 0 saturated heterocycles. The number of nitrogens with one attached hydrogen (secondary N) is 1. The number of benzene rings is 1. The van der Waals surface area contributed by atoms with Crippen molar-refractivity contribution in [3.8, 4) is 0 Å². The van der Waals surface area contributed by atoms with Gasteiger partial charge in [0, 0.05) is 39.1 Å². The van der Waals surface area contributed by atoms with Crippen molar-refractivity contribution in [3.05, 3.63) is 95.2 Å². The van der Waals surface area contributed by atoms with Gasteiger partial charge in [-0.3, -0.25) is 14.0 Å². The highest BCUT2D eigenvalue weighted by Crippen LogP contribution is 2.17. The number of aryl methyl sites for hydroxylation is 1. The quantitative estimate of drug-likeness (QED) is 0.404. The van der Waals surface area contributed by atoms with Crippen LogP contribution in [0.15, 0.2) is 73.1 Å². The number of halogens is 1. The number of imidazole rings is 1. The molecule has 0 spiro atoms. The average molecular weight is 464 g/mol. The number of hydrogen-bond donors (Lipinski definition) is 1. The van der Waals surface area contributed by atoms with Gasteiger partial charge in [-0.2, -0.15) is 0 Å². The predicted octanol–water partition coefficient (Wildman–Crippen LogP) is 3.83. The monoisotopic (exact) mass is 463 g/mol. The summed E-state index contributed by atoms with van der Waals surface area (Å²) in [6.07, 6.45) is 4.76. The lowest BCUT2D eigenvalue weighted by Crippen LogP contribution is -2.41. The zero-order valence-electron chi connectivity index (χ0n) is 18.6. The number of amides is 2. The van der Waals surface area contributed by atoms with E-state index in [0.717, 1.165) is 5.56 Å². The number of pyridine rings is 1. The summed E-state index contributed by atoms with van der Waals surface area (Å²) < 4.78 is 3.47. The van der Waals surface area contributed by atoms with E-state index in [-0.39, 0.29) is 17.9 Å². The molecule has 0 aliphatic heterocycles. The van der Waals surface area contributed by atoms with E-state index in [1.165, 1.54) is 0 Å². The van der Waals surface area contributed by atoms with Gasteiger partial charge in [0.25, 0.3) is 11.8 Å². The number of fused-ring (bicyclic) bond motifs is 1. The number of rotatable bonds is 8. The van der Waals surface area contributed by atoms with E-state index in [1.807, 2.05) is 55.7 Å².